The SMILES string of the molecule is C[C@H](NC(=O)[C@@H](N)[C@@H](C)O)C(=O)N[C@@H](Cc1cnc[nH]1)C(=O)N[C@@H](CCC(=O)O)C(N)=O. The van der Waals surface area contributed by atoms with Crippen molar-refractivity contribution in [2.45, 2.75) is 63.4 Å². The lowest BCUT2D eigenvalue weighted by molar-refractivity contribution is -0.138. The number of nitrogens with two attached hydrogens (primary N) is 2. The van der Waals surface area contributed by atoms with Gasteiger partial charge in [-0.25, -0.2) is 4.98 Å². The third-order valence-corrected chi connectivity index (χ3v) is 4.49. The van der Waals surface area contributed by atoms with Crippen molar-refractivity contribution in [3.8, 4) is 0 Å². The van der Waals surface area contributed by atoms with E-state index in [2.05, 4.69) is 25.9 Å². The zero-order valence-electron chi connectivity index (χ0n) is 17.7. The van der Waals surface area contributed by atoms with Crippen LogP contribution in [0.15, 0.2) is 12.5 Å². The third-order valence-electron chi connectivity index (χ3n) is 4.49. The maximum atomic E-state index is 12.8. The number of hydrogen-bond acceptors (Lipinski definition) is 8. The van der Waals surface area contributed by atoms with E-state index in [1.54, 1.807) is 0 Å². The molecule has 0 spiro atoms. The van der Waals surface area contributed by atoms with E-state index in [-0.39, 0.29) is 12.8 Å². The number of primary amides is 1. The van der Waals surface area contributed by atoms with Crippen LogP contribution in [0.5, 0.6) is 0 Å². The normalized spacial score (nSPS) is 15.5. The average molecular weight is 455 g/mol. The van der Waals surface area contributed by atoms with Crippen molar-refractivity contribution in [2.24, 2.45) is 11.5 Å². The van der Waals surface area contributed by atoms with Crippen molar-refractivity contribution >= 4 is 29.6 Å². The number of aliphatic carboxylic acids is 1. The van der Waals surface area contributed by atoms with Crippen molar-refractivity contribution < 1.29 is 34.2 Å². The summed E-state index contributed by atoms with van der Waals surface area (Å²) in [6, 6.07) is -4.83. The zero-order chi connectivity index (χ0) is 24.4. The minimum atomic E-state index is -1.26. The Morgan fingerprint density at radius 2 is 1.69 bits per heavy atom. The van der Waals surface area contributed by atoms with E-state index in [0.29, 0.717) is 5.69 Å². The molecule has 0 saturated heterocycles. The average Bonchev–Trinajstić information content (AvgIpc) is 3.22. The molecule has 0 aromatic carbocycles. The minimum Gasteiger partial charge on any atom is -0.481 e. The number of nitrogens with one attached hydrogen (secondary N) is 4. The number of aliphatic hydroxyl groups excluding tert-OH is 1. The molecule has 0 radical (unpaired) electrons. The van der Waals surface area contributed by atoms with Gasteiger partial charge in [0, 0.05) is 24.7 Å². The van der Waals surface area contributed by atoms with E-state index in [9.17, 15) is 29.1 Å². The van der Waals surface area contributed by atoms with Gasteiger partial charge in [0.2, 0.25) is 23.6 Å². The number of aromatic amines is 1. The van der Waals surface area contributed by atoms with E-state index in [1.165, 1.54) is 26.4 Å². The number of nitrogens with zero attached hydrogens (tertiary/aromatic N) is 1. The quantitative estimate of drug-likeness (QED) is 0.147. The maximum absolute atomic E-state index is 12.8. The van der Waals surface area contributed by atoms with Gasteiger partial charge in [0.15, 0.2) is 0 Å². The number of imidazole rings is 1. The first-order chi connectivity index (χ1) is 14.9. The summed E-state index contributed by atoms with van der Waals surface area (Å²) in [4.78, 5) is 66.2. The summed E-state index contributed by atoms with van der Waals surface area (Å²) in [6.45, 7) is 2.67. The van der Waals surface area contributed by atoms with Crippen LogP contribution >= 0.6 is 0 Å². The largest absolute Gasteiger partial charge is 0.481 e. The molecule has 14 heteroatoms. The van der Waals surface area contributed by atoms with E-state index in [1.807, 2.05) is 0 Å². The summed E-state index contributed by atoms with van der Waals surface area (Å²) in [5.41, 5.74) is 11.2. The lowest BCUT2D eigenvalue weighted by Gasteiger charge is -2.24. The molecule has 178 valence electrons. The number of H-pyrrole nitrogens is 1. The molecule has 14 nitrogen and oxygen atoms in total. The van der Waals surface area contributed by atoms with E-state index in [4.69, 9.17) is 16.6 Å². The monoisotopic (exact) mass is 455 g/mol. The predicted octanol–water partition coefficient (Wildman–Crippen LogP) is -3.52. The van der Waals surface area contributed by atoms with Gasteiger partial charge >= 0.3 is 5.97 Å². The van der Waals surface area contributed by atoms with Crippen LogP contribution in [-0.2, 0) is 30.4 Å². The van der Waals surface area contributed by atoms with Gasteiger partial charge in [0.05, 0.1) is 12.4 Å². The van der Waals surface area contributed by atoms with E-state index >= 15 is 0 Å². The van der Waals surface area contributed by atoms with Crippen LogP contribution in [0.2, 0.25) is 0 Å². The van der Waals surface area contributed by atoms with Crippen LogP contribution in [-0.4, -0.2) is 80.1 Å². The number of carboxylic acids is 1. The van der Waals surface area contributed by atoms with Gasteiger partial charge in [-0.15, -0.1) is 0 Å². The second-order valence-electron chi connectivity index (χ2n) is 7.23. The highest BCUT2D eigenvalue weighted by Gasteiger charge is 2.29. The Balaban J connectivity index is 2.89. The molecular formula is C18H29N7O7. The lowest BCUT2D eigenvalue weighted by atomic mass is 10.1. The summed E-state index contributed by atoms with van der Waals surface area (Å²) in [6.07, 6.45) is 0.972. The van der Waals surface area contributed by atoms with Gasteiger partial charge in [0.25, 0.3) is 0 Å². The molecule has 0 bridgehead atoms. The van der Waals surface area contributed by atoms with Gasteiger partial charge in [-0.3, -0.25) is 24.0 Å². The highest BCUT2D eigenvalue weighted by atomic mass is 16.4. The fourth-order valence-corrected chi connectivity index (χ4v) is 2.54. The smallest absolute Gasteiger partial charge is 0.303 e. The number of hydrogen-bond donors (Lipinski definition) is 8. The van der Waals surface area contributed by atoms with Gasteiger partial charge < -0.3 is 42.6 Å². The van der Waals surface area contributed by atoms with Crippen molar-refractivity contribution in [1.82, 2.24) is 25.9 Å². The standard InChI is InChI=1S/C18H29N7O7/c1-8(23-18(32)14(19)9(2)26)16(30)25-12(5-10-6-21-7-22-10)17(31)24-11(15(20)29)3-4-13(27)28/h6-9,11-12,14,26H,3-5,19H2,1-2H3,(H2,20,29)(H,21,22)(H,23,32)(H,24,31)(H,25,30)(H,27,28)/t8-,9+,11-,12-,14-/m0/s1. The summed E-state index contributed by atoms with van der Waals surface area (Å²) < 4.78 is 0. The molecule has 0 aliphatic heterocycles. The second-order valence-corrected chi connectivity index (χ2v) is 7.23. The van der Waals surface area contributed by atoms with Crippen LogP contribution in [0.1, 0.15) is 32.4 Å². The number of rotatable bonds is 13. The summed E-state index contributed by atoms with van der Waals surface area (Å²) in [7, 11) is 0. The Kier molecular flexibility index (Phi) is 10.2. The van der Waals surface area contributed by atoms with Gasteiger partial charge in [0.1, 0.15) is 24.2 Å². The molecular weight excluding hydrogens is 426 g/mol. The molecule has 0 saturated carbocycles. The second kappa shape index (κ2) is 12.4. The fraction of sp³-hybridized carbons (Fsp3) is 0.556. The van der Waals surface area contributed by atoms with Gasteiger partial charge in [-0.1, -0.05) is 0 Å². The van der Waals surface area contributed by atoms with Gasteiger partial charge in [-0.2, -0.15) is 0 Å². The highest BCUT2D eigenvalue weighted by molar-refractivity contribution is 5.94. The number of amides is 4. The zero-order valence-corrected chi connectivity index (χ0v) is 17.7. The molecule has 4 amide bonds. The molecule has 1 heterocycles. The molecule has 10 N–H and O–H groups in total. The first kappa shape index (κ1) is 26.5. The molecule has 1 rings (SSSR count). The Labute approximate surface area is 183 Å². The molecule has 0 aliphatic carbocycles. The molecule has 32 heavy (non-hydrogen) atoms. The highest BCUT2D eigenvalue weighted by Crippen LogP contribution is 2.03. The Bertz CT molecular complexity index is 813. The van der Waals surface area contributed by atoms with Crippen LogP contribution in [0, 0.1) is 0 Å². The Morgan fingerprint density at radius 1 is 1.06 bits per heavy atom. The van der Waals surface area contributed by atoms with Gasteiger partial charge in [-0.05, 0) is 20.3 Å². The number of aliphatic hydroxyl groups is 1. The van der Waals surface area contributed by atoms with Crippen LogP contribution in [0.25, 0.3) is 0 Å². The lowest BCUT2D eigenvalue weighted by Crippen LogP contribution is -2.58. The third kappa shape index (κ3) is 8.69. The molecule has 0 fully saturated rings. The Morgan fingerprint density at radius 3 is 2.19 bits per heavy atom. The number of aromatic nitrogens is 2. The van der Waals surface area contributed by atoms with E-state index < -0.39 is 66.3 Å². The van der Waals surface area contributed by atoms with Crippen LogP contribution in [0.4, 0.5) is 0 Å². The van der Waals surface area contributed by atoms with Crippen LogP contribution in [0.3, 0.4) is 0 Å². The molecule has 5 atom stereocenters. The molecule has 0 aliphatic rings. The number of carbonyl (C=O) groups is 5. The first-order valence-corrected chi connectivity index (χ1v) is 9.75. The van der Waals surface area contributed by atoms with Crippen molar-refractivity contribution in [2.75, 3.05) is 0 Å². The Hall–Kier alpha value is -3.52. The first-order valence-electron chi connectivity index (χ1n) is 9.75. The molecule has 1 aromatic rings. The van der Waals surface area contributed by atoms with E-state index in [0.717, 1.165) is 0 Å². The summed E-state index contributed by atoms with van der Waals surface area (Å²) in [5, 5.41) is 25.3. The molecule has 0 unspecified atom stereocenters. The predicted molar refractivity (Wildman–Crippen MR) is 109 cm³/mol. The maximum Gasteiger partial charge on any atom is 0.303 e. The number of carboxylic acid groups (broad SMARTS) is 1. The minimum absolute atomic E-state index is 0.0458. The summed E-state index contributed by atoms with van der Waals surface area (Å²) in [5.74, 6) is -4.40. The fourth-order valence-electron chi connectivity index (χ4n) is 2.54. The van der Waals surface area contributed by atoms with Crippen molar-refractivity contribution in [1.29, 1.82) is 0 Å². The van der Waals surface area contributed by atoms with Crippen molar-refractivity contribution in [3.05, 3.63) is 18.2 Å². The van der Waals surface area contributed by atoms with Crippen molar-refractivity contribution in [3.63, 3.8) is 0 Å². The topological polar surface area (TPSA) is 243 Å². The number of carbonyl (C=O) groups excluding carboxylic acids is 4. The summed E-state index contributed by atoms with van der Waals surface area (Å²) >= 11 is 0. The molecule has 1 aromatic heterocycles. The van der Waals surface area contributed by atoms with Crippen LogP contribution < -0.4 is 27.4 Å².